The fourth-order valence-electron chi connectivity index (χ4n) is 6.16. The van der Waals surface area contributed by atoms with Crippen molar-refractivity contribution >= 4 is 32.9 Å². The van der Waals surface area contributed by atoms with E-state index in [1.54, 1.807) is 0 Å². The molecule has 7 rings (SSSR count). The molecule has 0 fully saturated rings. The topological polar surface area (TPSA) is 6.48 Å². The van der Waals surface area contributed by atoms with Gasteiger partial charge < -0.3 is 9.80 Å². The Hall–Kier alpha value is -4.56. The van der Waals surface area contributed by atoms with E-state index in [-0.39, 0.29) is 0 Å². The van der Waals surface area contributed by atoms with Gasteiger partial charge in [0, 0.05) is 49.7 Å². The molecule has 1 aliphatic heterocycles. The van der Waals surface area contributed by atoms with Gasteiger partial charge >= 0.3 is 0 Å². The van der Waals surface area contributed by atoms with Gasteiger partial charge in [0.15, 0.2) is 0 Å². The van der Waals surface area contributed by atoms with E-state index in [9.17, 15) is 0 Å². The first-order valence-electron chi connectivity index (χ1n) is 13.3. The van der Waals surface area contributed by atoms with Gasteiger partial charge in [0.05, 0.1) is 0 Å². The molecule has 0 amide bonds. The highest BCUT2D eigenvalue weighted by molar-refractivity contribution is 6.02. The first-order chi connectivity index (χ1) is 18.7. The molecule has 2 nitrogen and oxygen atoms in total. The summed E-state index contributed by atoms with van der Waals surface area (Å²) in [4.78, 5) is 4.79. The maximum atomic E-state index is 2.40. The Balaban J connectivity index is 1.53. The fraction of sp³-hybridized carbons (Fsp3) is 0.111. The van der Waals surface area contributed by atoms with Gasteiger partial charge in [-0.3, -0.25) is 0 Å². The normalized spacial score (nSPS) is 13.2. The van der Waals surface area contributed by atoms with Crippen LogP contribution in [0.15, 0.2) is 121 Å². The number of nitrogens with zero attached hydrogens (tertiary/aromatic N) is 2. The van der Waals surface area contributed by atoms with Gasteiger partial charge in [0.1, 0.15) is 0 Å². The molecule has 184 valence electrons. The zero-order valence-electron chi connectivity index (χ0n) is 21.9. The molecule has 0 unspecified atom stereocenters. The smallest absolute Gasteiger partial charge is 0.0446 e. The van der Waals surface area contributed by atoms with E-state index in [2.05, 4.69) is 145 Å². The Bertz CT molecular complexity index is 1680. The van der Waals surface area contributed by atoms with Gasteiger partial charge in [0.25, 0.3) is 0 Å². The number of anilines is 2. The van der Waals surface area contributed by atoms with Crippen LogP contribution in [0.4, 0.5) is 11.4 Å². The highest BCUT2D eigenvalue weighted by Crippen LogP contribution is 2.40. The van der Waals surface area contributed by atoms with Crippen LogP contribution in [-0.4, -0.2) is 14.1 Å². The first-order valence-corrected chi connectivity index (χ1v) is 13.3. The van der Waals surface area contributed by atoms with Crippen molar-refractivity contribution in [1.82, 2.24) is 0 Å². The number of hydrogen-bond donors (Lipinski definition) is 0. The van der Waals surface area contributed by atoms with Gasteiger partial charge in [-0.25, -0.2) is 0 Å². The Labute approximate surface area is 224 Å². The molecule has 0 aliphatic carbocycles. The second-order valence-corrected chi connectivity index (χ2v) is 10.5. The number of para-hydroxylation sites is 2. The van der Waals surface area contributed by atoms with Gasteiger partial charge in [-0.2, -0.15) is 0 Å². The predicted molar refractivity (Wildman–Crippen MR) is 163 cm³/mol. The van der Waals surface area contributed by atoms with Crippen molar-refractivity contribution in [3.63, 3.8) is 0 Å². The summed E-state index contributed by atoms with van der Waals surface area (Å²) in [6.45, 7) is 1.65. The monoisotopic (exact) mass is 490 g/mol. The van der Waals surface area contributed by atoms with Crippen molar-refractivity contribution in [3.8, 4) is 22.3 Å². The molecular formula is C36H30N2. The van der Waals surface area contributed by atoms with Crippen LogP contribution >= 0.6 is 0 Å². The quantitative estimate of drug-likeness (QED) is 0.210. The number of rotatable bonds is 0. The second kappa shape index (κ2) is 9.08. The average molecular weight is 491 g/mol. The second-order valence-electron chi connectivity index (χ2n) is 10.5. The lowest BCUT2D eigenvalue weighted by Crippen LogP contribution is -2.19. The largest absolute Gasteiger partial charge is 0.370 e. The van der Waals surface area contributed by atoms with E-state index < -0.39 is 0 Å². The van der Waals surface area contributed by atoms with Crippen molar-refractivity contribution in [3.05, 3.63) is 132 Å². The number of fused-ring (bicyclic) bond motifs is 12. The van der Waals surface area contributed by atoms with Crippen LogP contribution in [0, 0.1) is 0 Å². The summed E-state index contributed by atoms with van der Waals surface area (Å²) in [6, 6.07) is 44.7. The van der Waals surface area contributed by atoms with Crippen LogP contribution in [0.25, 0.3) is 43.8 Å². The third-order valence-corrected chi connectivity index (χ3v) is 7.89. The lowest BCUT2D eigenvalue weighted by atomic mass is 9.92. The predicted octanol–water partition coefficient (Wildman–Crippen LogP) is 8.91. The van der Waals surface area contributed by atoms with Gasteiger partial charge in [-0.15, -0.1) is 0 Å². The zero-order chi connectivity index (χ0) is 25.6. The van der Waals surface area contributed by atoms with Crippen molar-refractivity contribution in [2.75, 3.05) is 23.9 Å². The molecule has 1 heterocycles. The molecule has 0 saturated heterocycles. The molecule has 0 aromatic heterocycles. The van der Waals surface area contributed by atoms with Crippen molar-refractivity contribution in [2.45, 2.75) is 13.1 Å². The SMILES string of the molecule is CN1Cc2cc(c3ccccc3c2)-c2ccccc2N(C)Cc2cc(c3ccccc3c2)-c2ccccc21. The van der Waals surface area contributed by atoms with E-state index in [0.717, 1.165) is 13.1 Å². The highest BCUT2D eigenvalue weighted by atomic mass is 15.1. The van der Waals surface area contributed by atoms with Crippen LogP contribution in [-0.2, 0) is 13.1 Å². The van der Waals surface area contributed by atoms with Crippen molar-refractivity contribution < 1.29 is 0 Å². The summed E-state index contributed by atoms with van der Waals surface area (Å²) < 4.78 is 0. The molecule has 6 aromatic carbocycles. The summed E-state index contributed by atoms with van der Waals surface area (Å²) in [7, 11) is 4.43. The van der Waals surface area contributed by atoms with Crippen LogP contribution < -0.4 is 9.80 Å². The molecule has 0 N–H and O–H groups in total. The molecule has 4 bridgehead atoms. The van der Waals surface area contributed by atoms with Crippen molar-refractivity contribution in [1.29, 1.82) is 0 Å². The Morgan fingerprint density at radius 3 is 1.29 bits per heavy atom. The molecule has 0 radical (unpaired) electrons. The summed E-state index contributed by atoms with van der Waals surface area (Å²) in [5.74, 6) is 0. The van der Waals surface area contributed by atoms with Crippen LogP contribution in [0.1, 0.15) is 11.1 Å². The lowest BCUT2D eigenvalue weighted by molar-refractivity contribution is 0.920. The Kier molecular flexibility index (Phi) is 5.40. The zero-order valence-corrected chi connectivity index (χ0v) is 21.9. The fourth-order valence-corrected chi connectivity index (χ4v) is 6.16. The number of benzene rings is 6. The third-order valence-electron chi connectivity index (χ3n) is 7.89. The molecule has 0 atom stereocenters. The minimum atomic E-state index is 0.824. The van der Waals surface area contributed by atoms with Crippen LogP contribution in [0.5, 0.6) is 0 Å². The van der Waals surface area contributed by atoms with E-state index in [4.69, 9.17) is 0 Å². The lowest BCUT2D eigenvalue weighted by Gasteiger charge is -2.27. The third kappa shape index (κ3) is 3.81. The Morgan fingerprint density at radius 2 is 0.816 bits per heavy atom. The molecule has 2 heteroatoms. The van der Waals surface area contributed by atoms with Gasteiger partial charge in [0.2, 0.25) is 0 Å². The highest BCUT2D eigenvalue weighted by Gasteiger charge is 2.18. The summed E-state index contributed by atoms with van der Waals surface area (Å²) in [5.41, 5.74) is 10.2. The van der Waals surface area contributed by atoms with E-state index in [1.165, 1.54) is 66.3 Å². The molecular weight excluding hydrogens is 460 g/mol. The first kappa shape index (κ1) is 22.6. The van der Waals surface area contributed by atoms with Gasteiger partial charge in [-0.05, 0) is 80.2 Å². The molecule has 6 aromatic rings. The molecule has 0 saturated carbocycles. The van der Waals surface area contributed by atoms with Gasteiger partial charge in [-0.1, -0.05) is 84.9 Å². The maximum absolute atomic E-state index is 2.40. The minimum Gasteiger partial charge on any atom is -0.370 e. The summed E-state index contributed by atoms with van der Waals surface area (Å²) in [6.07, 6.45) is 0. The minimum absolute atomic E-state index is 0.824. The summed E-state index contributed by atoms with van der Waals surface area (Å²) in [5, 5.41) is 5.14. The van der Waals surface area contributed by atoms with E-state index in [1.807, 2.05) is 0 Å². The summed E-state index contributed by atoms with van der Waals surface area (Å²) >= 11 is 0. The van der Waals surface area contributed by atoms with Crippen molar-refractivity contribution in [2.24, 2.45) is 0 Å². The average Bonchev–Trinajstić information content (AvgIpc) is 2.96. The molecule has 38 heavy (non-hydrogen) atoms. The number of hydrogen-bond acceptors (Lipinski definition) is 2. The molecule has 0 spiro atoms. The van der Waals surface area contributed by atoms with E-state index >= 15 is 0 Å². The van der Waals surface area contributed by atoms with E-state index in [0.29, 0.717) is 0 Å². The molecule has 1 aliphatic rings. The van der Waals surface area contributed by atoms with Crippen LogP contribution in [0.3, 0.4) is 0 Å². The Morgan fingerprint density at radius 1 is 0.421 bits per heavy atom. The maximum Gasteiger partial charge on any atom is 0.0446 e. The van der Waals surface area contributed by atoms with Crippen LogP contribution in [0.2, 0.25) is 0 Å². The standard InChI is InChI=1S/C36H30N2/c1-37-23-25-19-27-11-3-6-14-30(27)34(21-25)32-16-8-10-18-36(32)38(2)24-26-20-28-12-4-5-13-29(28)33(22-26)31-15-7-9-17-35(31)37/h3-22H,23-24H2,1-2H3.